The van der Waals surface area contributed by atoms with Crippen LogP contribution >= 0.6 is 24.0 Å². The first-order chi connectivity index (χ1) is 11.8. The third-order valence-corrected chi connectivity index (χ3v) is 5.24. The quantitative estimate of drug-likeness (QED) is 0.236. The second-order valence-corrected chi connectivity index (χ2v) is 7.31. The molecule has 2 aliphatic rings. The van der Waals surface area contributed by atoms with Crippen LogP contribution in [0.25, 0.3) is 0 Å². The molecular weight excluding hydrogens is 429 g/mol. The van der Waals surface area contributed by atoms with Crippen molar-refractivity contribution in [3.8, 4) is 0 Å². The minimum absolute atomic E-state index is 0. The highest BCUT2D eigenvalue weighted by molar-refractivity contribution is 14.0. The van der Waals surface area contributed by atoms with Crippen LogP contribution in [0.3, 0.4) is 0 Å². The van der Waals surface area contributed by atoms with E-state index in [1.165, 1.54) is 38.5 Å². The first-order valence-corrected chi connectivity index (χ1v) is 9.94. The summed E-state index contributed by atoms with van der Waals surface area (Å²) in [5, 5.41) is 7.00. The van der Waals surface area contributed by atoms with E-state index in [2.05, 4.69) is 22.5 Å². The van der Waals surface area contributed by atoms with Crippen LogP contribution in [0.2, 0.25) is 0 Å². The van der Waals surface area contributed by atoms with Crippen molar-refractivity contribution in [2.75, 3.05) is 40.0 Å². The van der Waals surface area contributed by atoms with Crippen LogP contribution in [-0.4, -0.2) is 52.0 Å². The van der Waals surface area contributed by atoms with Gasteiger partial charge >= 0.3 is 0 Å². The Morgan fingerprint density at radius 1 is 1.16 bits per heavy atom. The molecule has 0 aromatic rings. The van der Waals surface area contributed by atoms with E-state index >= 15 is 0 Å². The lowest BCUT2D eigenvalue weighted by atomic mass is 9.83. The maximum absolute atomic E-state index is 5.74. The molecule has 148 valence electrons. The molecule has 5 nitrogen and oxygen atoms in total. The summed E-state index contributed by atoms with van der Waals surface area (Å²) in [5.41, 5.74) is 0. The summed E-state index contributed by atoms with van der Waals surface area (Å²) in [6.07, 6.45) is 10.2. The summed E-state index contributed by atoms with van der Waals surface area (Å²) in [6, 6.07) is 0.586. The highest BCUT2D eigenvalue weighted by Gasteiger charge is 2.21. The van der Waals surface area contributed by atoms with Crippen molar-refractivity contribution in [3.63, 3.8) is 0 Å². The number of halogens is 1. The molecule has 1 unspecified atom stereocenters. The molecule has 0 aromatic heterocycles. The van der Waals surface area contributed by atoms with Gasteiger partial charge in [0.05, 0.1) is 13.2 Å². The summed E-state index contributed by atoms with van der Waals surface area (Å²) in [6.45, 7) is 6.62. The summed E-state index contributed by atoms with van der Waals surface area (Å²) < 4.78 is 11.1. The van der Waals surface area contributed by atoms with Crippen molar-refractivity contribution < 1.29 is 9.47 Å². The Balaban J connectivity index is 0.00000312. The smallest absolute Gasteiger partial charge is 0.191 e. The molecule has 2 rings (SSSR count). The largest absolute Gasteiger partial charge is 0.381 e. The molecule has 1 aliphatic carbocycles. The second kappa shape index (κ2) is 14.0. The number of guanidine groups is 1. The minimum Gasteiger partial charge on any atom is -0.381 e. The highest BCUT2D eigenvalue weighted by Crippen LogP contribution is 2.27. The Morgan fingerprint density at radius 3 is 2.60 bits per heavy atom. The van der Waals surface area contributed by atoms with Crippen molar-refractivity contribution >= 4 is 29.9 Å². The number of ether oxygens (including phenoxy) is 2. The van der Waals surface area contributed by atoms with Crippen LogP contribution in [0.5, 0.6) is 0 Å². The molecule has 0 aromatic carbocycles. The molecule has 1 heterocycles. The molecule has 1 saturated heterocycles. The van der Waals surface area contributed by atoms with Crippen molar-refractivity contribution in [1.29, 1.82) is 0 Å². The first-order valence-electron chi connectivity index (χ1n) is 9.94. The Hall–Kier alpha value is -0.0800. The second-order valence-electron chi connectivity index (χ2n) is 7.31. The van der Waals surface area contributed by atoms with Gasteiger partial charge in [-0.25, -0.2) is 0 Å². The van der Waals surface area contributed by atoms with E-state index in [1.807, 2.05) is 7.05 Å². The number of aliphatic imine (C=N–C) groups is 1. The van der Waals surface area contributed by atoms with E-state index in [0.29, 0.717) is 12.0 Å². The molecule has 0 amide bonds. The van der Waals surface area contributed by atoms with Crippen molar-refractivity contribution in [1.82, 2.24) is 10.6 Å². The van der Waals surface area contributed by atoms with Gasteiger partial charge in [0.2, 0.25) is 0 Å². The van der Waals surface area contributed by atoms with E-state index in [0.717, 1.165) is 57.7 Å². The van der Waals surface area contributed by atoms with Gasteiger partial charge in [0.15, 0.2) is 5.96 Å². The van der Waals surface area contributed by atoms with Crippen molar-refractivity contribution in [3.05, 3.63) is 0 Å². The number of nitrogens with one attached hydrogen (secondary N) is 2. The molecule has 0 spiro atoms. The third-order valence-electron chi connectivity index (χ3n) is 5.24. The van der Waals surface area contributed by atoms with Crippen LogP contribution < -0.4 is 10.6 Å². The average Bonchev–Trinajstić information content (AvgIpc) is 3.12. The van der Waals surface area contributed by atoms with Crippen molar-refractivity contribution in [2.45, 2.75) is 64.3 Å². The molecule has 1 aliphatic heterocycles. The summed E-state index contributed by atoms with van der Waals surface area (Å²) >= 11 is 0. The Kier molecular flexibility index (Phi) is 12.9. The van der Waals surface area contributed by atoms with E-state index in [1.54, 1.807) is 0 Å². The van der Waals surface area contributed by atoms with Gasteiger partial charge in [-0.1, -0.05) is 19.8 Å². The summed E-state index contributed by atoms with van der Waals surface area (Å²) in [5.74, 6) is 2.50. The molecule has 2 N–H and O–H groups in total. The first kappa shape index (κ1) is 23.0. The zero-order valence-corrected chi connectivity index (χ0v) is 18.4. The van der Waals surface area contributed by atoms with Gasteiger partial charge in [0, 0.05) is 38.8 Å². The van der Waals surface area contributed by atoms with Crippen LogP contribution in [0.1, 0.15) is 58.3 Å². The van der Waals surface area contributed by atoms with Gasteiger partial charge in [-0.05, 0) is 44.4 Å². The Morgan fingerprint density at radius 2 is 1.96 bits per heavy atom. The normalized spacial score (nSPS) is 27.0. The average molecular weight is 467 g/mol. The van der Waals surface area contributed by atoms with Crippen LogP contribution in [0.4, 0.5) is 0 Å². The molecule has 1 saturated carbocycles. The molecule has 1 atom stereocenters. The lowest BCUT2D eigenvalue weighted by Crippen LogP contribution is -2.45. The standard InChI is InChI=1S/C19H37N3O2.HI/c1-3-5-16-6-8-18(9-7-16)22-19(20-2)21-11-4-12-23-14-17-10-13-24-15-17;/h16-18H,3-15H2,1-2H3,(H2,20,21,22);1H. The predicted octanol–water partition coefficient (Wildman–Crippen LogP) is 3.57. The summed E-state index contributed by atoms with van der Waals surface area (Å²) in [4.78, 5) is 4.36. The van der Waals surface area contributed by atoms with Crippen molar-refractivity contribution in [2.24, 2.45) is 16.8 Å². The molecule has 25 heavy (non-hydrogen) atoms. The van der Waals surface area contributed by atoms with Crippen LogP contribution in [-0.2, 0) is 9.47 Å². The van der Waals surface area contributed by atoms with E-state index < -0.39 is 0 Å². The topological polar surface area (TPSA) is 54.9 Å². The lowest BCUT2D eigenvalue weighted by molar-refractivity contribution is 0.0888. The highest BCUT2D eigenvalue weighted by atomic mass is 127. The van der Waals surface area contributed by atoms with Gasteiger partial charge < -0.3 is 20.1 Å². The van der Waals surface area contributed by atoms with Gasteiger partial charge in [-0.2, -0.15) is 0 Å². The maximum atomic E-state index is 5.74. The molecule has 0 bridgehead atoms. The van der Waals surface area contributed by atoms with Gasteiger partial charge in [-0.3, -0.25) is 4.99 Å². The van der Waals surface area contributed by atoms with Crippen LogP contribution in [0, 0.1) is 11.8 Å². The lowest BCUT2D eigenvalue weighted by Gasteiger charge is -2.30. The minimum atomic E-state index is 0. The van der Waals surface area contributed by atoms with E-state index in [9.17, 15) is 0 Å². The molecular formula is C19H38IN3O2. The van der Waals surface area contributed by atoms with Crippen LogP contribution in [0.15, 0.2) is 4.99 Å². The Bertz CT molecular complexity index is 355. The number of nitrogens with zero attached hydrogens (tertiary/aromatic N) is 1. The monoisotopic (exact) mass is 467 g/mol. The zero-order chi connectivity index (χ0) is 17.0. The zero-order valence-electron chi connectivity index (χ0n) is 16.1. The van der Waals surface area contributed by atoms with E-state index in [-0.39, 0.29) is 24.0 Å². The molecule has 2 fully saturated rings. The maximum Gasteiger partial charge on any atom is 0.191 e. The third kappa shape index (κ3) is 9.43. The fraction of sp³-hybridized carbons (Fsp3) is 0.947. The molecule has 0 radical (unpaired) electrons. The summed E-state index contributed by atoms with van der Waals surface area (Å²) in [7, 11) is 1.86. The number of hydrogen-bond acceptors (Lipinski definition) is 3. The number of hydrogen-bond donors (Lipinski definition) is 2. The predicted molar refractivity (Wildman–Crippen MR) is 115 cm³/mol. The van der Waals surface area contributed by atoms with Gasteiger partial charge in [0.1, 0.15) is 0 Å². The SMILES string of the molecule is CCCC1CCC(NC(=NC)NCCCOCC2CCOC2)CC1.I. The van der Waals surface area contributed by atoms with E-state index in [4.69, 9.17) is 9.47 Å². The molecule has 6 heteroatoms. The Labute approximate surface area is 171 Å². The van der Waals surface area contributed by atoms with Gasteiger partial charge in [-0.15, -0.1) is 24.0 Å². The number of rotatable bonds is 9. The fourth-order valence-corrected chi connectivity index (χ4v) is 3.74. The van der Waals surface area contributed by atoms with Gasteiger partial charge in [0.25, 0.3) is 0 Å². The fourth-order valence-electron chi connectivity index (χ4n) is 3.74.